The lowest BCUT2D eigenvalue weighted by Gasteiger charge is -2.12. The summed E-state index contributed by atoms with van der Waals surface area (Å²) in [6.07, 6.45) is 3.34. The first kappa shape index (κ1) is 17.3. The normalized spacial score (nSPS) is 17.0. The molecule has 7 heteroatoms. The van der Waals surface area contributed by atoms with Crippen LogP contribution in [0.5, 0.6) is 0 Å². The largest absolute Gasteiger partial charge is 0.309 e. The second-order valence-electron chi connectivity index (χ2n) is 5.41. The van der Waals surface area contributed by atoms with E-state index in [0.29, 0.717) is 10.9 Å². The number of hydrogen-bond donors (Lipinski definition) is 2. The van der Waals surface area contributed by atoms with Crippen molar-refractivity contribution in [2.75, 3.05) is 11.5 Å². The van der Waals surface area contributed by atoms with Crippen molar-refractivity contribution in [3.8, 4) is 0 Å². The molecule has 1 atom stereocenters. The Morgan fingerprint density at radius 2 is 2.24 bits per heavy atom. The van der Waals surface area contributed by atoms with Crippen molar-refractivity contribution in [2.24, 2.45) is 0 Å². The molecule has 0 aliphatic heterocycles. The molecular formula is C14H24N2O2S3. The highest BCUT2D eigenvalue weighted by Crippen LogP contribution is 2.23. The molecule has 2 rings (SSSR count). The minimum atomic E-state index is -3.38. The quantitative estimate of drug-likeness (QED) is 0.638. The standard InChI is InChI=1S/C14H24N2O2S3/c1-3-19-7-6-11(2)16-21(17,18)14-8-13(20-10-14)9-15-12-4-5-12/h8,10-12,15-16H,3-7,9H2,1-2H3. The SMILES string of the molecule is CCSCCC(C)NS(=O)(=O)c1csc(CNC2CC2)c1. The van der Waals surface area contributed by atoms with Crippen molar-refractivity contribution in [1.82, 2.24) is 10.0 Å². The molecule has 0 bridgehead atoms. The van der Waals surface area contributed by atoms with E-state index in [9.17, 15) is 8.42 Å². The van der Waals surface area contributed by atoms with E-state index in [2.05, 4.69) is 17.0 Å². The van der Waals surface area contributed by atoms with Gasteiger partial charge in [0.1, 0.15) is 0 Å². The van der Waals surface area contributed by atoms with Crippen LogP contribution < -0.4 is 10.0 Å². The second-order valence-corrected chi connectivity index (χ2v) is 9.52. The monoisotopic (exact) mass is 348 g/mol. The van der Waals surface area contributed by atoms with Gasteiger partial charge in [0.25, 0.3) is 0 Å². The van der Waals surface area contributed by atoms with Gasteiger partial charge in [-0.25, -0.2) is 13.1 Å². The lowest BCUT2D eigenvalue weighted by atomic mass is 10.3. The predicted molar refractivity (Wildman–Crippen MR) is 91.6 cm³/mol. The van der Waals surface area contributed by atoms with Crippen LogP contribution in [0.2, 0.25) is 0 Å². The molecule has 1 unspecified atom stereocenters. The highest BCUT2D eigenvalue weighted by atomic mass is 32.2. The summed E-state index contributed by atoms with van der Waals surface area (Å²) >= 11 is 3.35. The maximum absolute atomic E-state index is 12.3. The van der Waals surface area contributed by atoms with Crippen LogP contribution in [0, 0.1) is 0 Å². The molecule has 2 N–H and O–H groups in total. The molecule has 0 amide bonds. The molecular weight excluding hydrogens is 324 g/mol. The van der Waals surface area contributed by atoms with Gasteiger partial charge in [-0.3, -0.25) is 0 Å². The smallest absolute Gasteiger partial charge is 0.241 e. The van der Waals surface area contributed by atoms with Gasteiger partial charge < -0.3 is 5.32 Å². The topological polar surface area (TPSA) is 58.2 Å². The molecule has 1 aliphatic rings. The first-order chi connectivity index (χ1) is 10.0. The lowest BCUT2D eigenvalue weighted by Crippen LogP contribution is -2.32. The third-order valence-electron chi connectivity index (χ3n) is 3.34. The van der Waals surface area contributed by atoms with E-state index in [1.54, 1.807) is 11.4 Å². The molecule has 1 saturated carbocycles. The van der Waals surface area contributed by atoms with Crippen molar-refractivity contribution in [2.45, 2.75) is 56.6 Å². The Balaban J connectivity index is 1.85. The van der Waals surface area contributed by atoms with Crippen LogP contribution >= 0.6 is 23.1 Å². The van der Waals surface area contributed by atoms with E-state index < -0.39 is 10.0 Å². The molecule has 0 aromatic carbocycles. The highest BCUT2D eigenvalue weighted by Gasteiger charge is 2.22. The Labute approximate surface area is 136 Å². The zero-order chi connectivity index (χ0) is 15.3. The third kappa shape index (κ3) is 5.90. The van der Waals surface area contributed by atoms with Crippen molar-refractivity contribution < 1.29 is 8.42 Å². The number of rotatable bonds is 10. The van der Waals surface area contributed by atoms with Crippen molar-refractivity contribution >= 4 is 33.1 Å². The van der Waals surface area contributed by atoms with Crippen molar-refractivity contribution in [3.05, 3.63) is 16.3 Å². The molecule has 1 heterocycles. The number of hydrogen-bond acceptors (Lipinski definition) is 5. The molecule has 0 spiro atoms. The molecule has 0 saturated heterocycles. The zero-order valence-corrected chi connectivity index (χ0v) is 15.0. The van der Waals surface area contributed by atoms with E-state index in [1.165, 1.54) is 24.2 Å². The van der Waals surface area contributed by atoms with Crippen LogP contribution in [0.15, 0.2) is 16.3 Å². The van der Waals surface area contributed by atoms with Gasteiger partial charge in [-0.15, -0.1) is 11.3 Å². The Morgan fingerprint density at radius 3 is 2.90 bits per heavy atom. The summed E-state index contributed by atoms with van der Waals surface area (Å²) in [6.45, 7) is 4.81. The Bertz CT molecular complexity index is 538. The van der Waals surface area contributed by atoms with Gasteiger partial charge in [0.05, 0.1) is 4.90 Å². The van der Waals surface area contributed by atoms with Crippen LogP contribution in [-0.2, 0) is 16.6 Å². The average molecular weight is 349 g/mol. The van der Waals surface area contributed by atoms with Crippen LogP contribution in [0.25, 0.3) is 0 Å². The number of thioether (sulfide) groups is 1. The van der Waals surface area contributed by atoms with Crippen LogP contribution in [0.1, 0.15) is 38.0 Å². The van der Waals surface area contributed by atoms with E-state index in [4.69, 9.17) is 0 Å². The van der Waals surface area contributed by atoms with Crippen LogP contribution in [-0.4, -0.2) is 32.0 Å². The summed E-state index contributed by atoms with van der Waals surface area (Å²) in [7, 11) is -3.38. The fourth-order valence-electron chi connectivity index (χ4n) is 1.92. The highest BCUT2D eigenvalue weighted by molar-refractivity contribution is 7.99. The summed E-state index contributed by atoms with van der Waals surface area (Å²) < 4.78 is 27.4. The number of sulfonamides is 1. The van der Waals surface area contributed by atoms with Gasteiger partial charge in [-0.1, -0.05) is 6.92 Å². The molecule has 120 valence electrons. The molecule has 1 fully saturated rings. The zero-order valence-electron chi connectivity index (χ0n) is 12.6. The maximum atomic E-state index is 12.3. The van der Waals surface area contributed by atoms with Gasteiger partial charge in [-0.05, 0) is 43.8 Å². The van der Waals surface area contributed by atoms with Crippen LogP contribution in [0.3, 0.4) is 0 Å². The molecule has 1 aromatic rings. The Morgan fingerprint density at radius 1 is 1.48 bits per heavy atom. The van der Waals surface area contributed by atoms with Gasteiger partial charge in [0.2, 0.25) is 10.0 Å². The van der Waals surface area contributed by atoms with Gasteiger partial charge >= 0.3 is 0 Å². The summed E-state index contributed by atoms with van der Waals surface area (Å²) in [6, 6.07) is 2.40. The van der Waals surface area contributed by atoms with E-state index >= 15 is 0 Å². The molecule has 1 aliphatic carbocycles. The number of thiophene rings is 1. The number of nitrogens with one attached hydrogen (secondary N) is 2. The van der Waals surface area contributed by atoms with Gasteiger partial charge in [-0.2, -0.15) is 11.8 Å². The van der Waals surface area contributed by atoms with Crippen LogP contribution in [0.4, 0.5) is 0 Å². The van der Waals surface area contributed by atoms with Crippen molar-refractivity contribution in [3.63, 3.8) is 0 Å². The Kier molecular flexibility index (Phi) is 6.55. The minimum Gasteiger partial charge on any atom is -0.309 e. The fraction of sp³-hybridized carbons (Fsp3) is 0.714. The summed E-state index contributed by atoms with van der Waals surface area (Å²) in [5, 5.41) is 5.14. The Hall–Kier alpha value is -0.0800. The lowest BCUT2D eigenvalue weighted by molar-refractivity contribution is 0.557. The summed E-state index contributed by atoms with van der Waals surface area (Å²) in [5.74, 6) is 2.06. The van der Waals surface area contributed by atoms with Crippen molar-refractivity contribution in [1.29, 1.82) is 0 Å². The predicted octanol–water partition coefficient (Wildman–Crippen LogP) is 2.81. The molecule has 4 nitrogen and oxygen atoms in total. The third-order valence-corrected chi connectivity index (χ3v) is 6.93. The maximum Gasteiger partial charge on any atom is 0.241 e. The van der Waals surface area contributed by atoms with Gasteiger partial charge in [0.15, 0.2) is 0 Å². The average Bonchev–Trinajstić information content (AvgIpc) is 3.12. The summed E-state index contributed by atoms with van der Waals surface area (Å²) in [4.78, 5) is 1.48. The molecule has 21 heavy (non-hydrogen) atoms. The fourth-order valence-corrected chi connectivity index (χ4v) is 5.24. The van der Waals surface area contributed by atoms with E-state index in [-0.39, 0.29) is 6.04 Å². The first-order valence-electron chi connectivity index (χ1n) is 7.42. The summed E-state index contributed by atoms with van der Waals surface area (Å²) in [5.41, 5.74) is 0. The first-order valence-corrected chi connectivity index (χ1v) is 10.9. The molecule has 0 radical (unpaired) electrons. The second kappa shape index (κ2) is 7.97. The van der Waals surface area contributed by atoms with E-state index in [1.807, 2.05) is 18.7 Å². The molecule has 1 aromatic heterocycles. The van der Waals surface area contributed by atoms with E-state index in [0.717, 1.165) is 29.3 Å². The minimum absolute atomic E-state index is 0.0259. The van der Waals surface area contributed by atoms with Gasteiger partial charge in [0, 0.05) is 28.9 Å².